The van der Waals surface area contributed by atoms with Crippen LogP contribution >= 0.6 is 11.3 Å². The van der Waals surface area contributed by atoms with Gasteiger partial charge >= 0.3 is 0 Å². The molecule has 2 atom stereocenters. The Labute approximate surface area is 112 Å². The van der Waals surface area contributed by atoms with E-state index in [9.17, 15) is 0 Å². The van der Waals surface area contributed by atoms with Crippen molar-refractivity contribution in [2.75, 3.05) is 6.54 Å². The molecule has 0 spiro atoms. The molecule has 3 heterocycles. The van der Waals surface area contributed by atoms with Crippen molar-refractivity contribution in [3.63, 3.8) is 0 Å². The standard InChI is InChI=1S/C14H19N3S/c1-11(14-6-4-8-18-14)17-10-15-9-13(17)12-5-2-3-7-16-12/h4,6,8-12,16H,2-3,5,7H2,1H3. The molecule has 1 saturated heterocycles. The minimum atomic E-state index is 0.381. The van der Waals surface area contributed by atoms with Gasteiger partial charge in [-0.2, -0.15) is 0 Å². The van der Waals surface area contributed by atoms with E-state index in [0.717, 1.165) is 6.54 Å². The number of imidazole rings is 1. The van der Waals surface area contributed by atoms with E-state index in [-0.39, 0.29) is 0 Å². The van der Waals surface area contributed by atoms with Crippen LogP contribution in [0.25, 0.3) is 0 Å². The fourth-order valence-electron chi connectivity index (χ4n) is 2.68. The zero-order valence-corrected chi connectivity index (χ0v) is 11.5. The number of hydrogen-bond donors (Lipinski definition) is 1. The van der Waals surface area contributed by atoms with Gasteiger partial charge < -0.3 is 9.88 Å². The maximum atomic E-state index is 4.36. The maximum absolute atomic E-state index is 4.36. The average Bonchev–Trinajstić information content (AvgIpc) is 3.10. The summed E-state index contributed by atoms with van der Waals surface area (Å²) in [6.45, 7) is 3.38. The zero-order chi connectivity index (χ0) is 12.4. The van der Waals surface area contributed by atoms with Crippen LogP contribution in [0.4, 0.5) is 0 Å². The first-order valence-electron chi connectivity index (χ1n) is 6.65. The maximum Gasteiger partial charge on any atom is 0.0954 e. The molecule has 0 bridgehead atoms. The monoisotopic (exact) mass is 261 g/mol. The van der Waals surface area contributed by atoms with Crippen LogP contribution in [-0.2, 0) is 0 Å². The Morgan fingerprint density at radius 2 is 2.44 bits per heavy atom. The number of hydrogen-bond acceptors (Lipinski definition) is 3. The molecule has 2 unspecified atom stereocenters. The fraction of sp³-hybridized carbons (Fsp3) is 0.500. The summed E-state index contributed by atoms with van der Waals surface area (Å²) in [7, 11) is 0. The van der Waals surface area contributed by atoms with Crippen LogP contribution in [0.1, 0.15) is 48.8 Å². The summed E-state index contributed by atoms with van der Waals surface area (Å²) in [4.78, 5) is 5.75. The SMILES string of the molecule is CC(c1cccs1)n1cncc1C1CCCCN1. The lowest BCUT2D eigenvalue weighted by atomic mass is 10.0. The lowest BCUT2D eigenvalue weighted by Crippen LogP contribution is -2.29. The van der Waals surface area contributed by atoms with Gasteiger partial charge in [0.05, 0.1) is 18.1 Å². The lowest BCUT2D eigenvalue weighted by molar-refractivity contribution is 0.390. The minimum absolute atomic E-state index is 0.381. The molecule has 4 heteroatoms. The Bertz CT molecular complexity index is 483. The second-order valence-corrected chi connectivity index (χ2v) is 5.90. The molecule has 96 valence electrons. The highest BCUT2D eigenvalue weighted by Crippen LogP contribution is 2.29. The van der Waals surface area contributed by atoms with E-state index in [2.05, 4.69) is 39.3 Å². The number of nitrogens with one attached hydrogen (secondary N) is 1. The number of thiophene rings is 1. The molecule has 2 aromatic heterocycles. The van der Waals surface area contributed by atoms with Gasteiger partial charge in [-0.15, -0.1) is 11.3 Å². The fourth-order valence-corrected chi connectivity index (χ4v) is 3.46. The van der Waals surface area contributed by atoms with E-state index in [1.165, 1.54) is 29.8 Å². The van der Waals surface area contributed by atoms with Gasteiger partial charge in [-0.05, 0) is 37.8 Å². The highest BCUT2D eigenvalue weighted by atomic mass is 32.1. The Hall–Kier alpha value is -1.13. The molecular weight excluding hydrogens is 242 g/mol. The van der Waals surface area contributed by atoms with Crippen LogP contribution in [0.3, 0.4) is 0 Å². The highest BCUT2D eigenvalue weighted by Gasteiger charge is 2.21. The van der Waals surface area contributed by atoms with Crippen molar-refractivity contribution >= 4 is 11.3 Å². The van der Waals surface area contributed by atoms with Crippen molar-refractivity contribution in [1.82, 2.24) is 14.9 Å². The lowest BCUT2D eigenvalue weighted by Gasteiger charge is -2.26. The van der Waals surface area contributed by atoms with Crippen molar-refractivity contribution < 1.29 is 0 Å². The molecular formula is C14H19N3S. The summed E-state index contributed by atoms with van der Waals surface area (Å²) >= 11 is 1.82. The van der Waals surface area contributed by atoms with Crippen LogP contribution in [0.5, 0.6) is 0 Å². The molecule has 2 aromatic rings. The second-order valence-electron chi connectivity index (χ2n) is 4.92. The van der Waals surface area contributed by atoms with Gasteiger partial charge in [0.15, 0.2) is 0 Å². The molecule has 1 aliphatic rings. The van der Waals surface area contributed by atoms with Crippen molar-refractivity contribution in [2.24, 2.45) is 0 Å². The third kappa shape index (κ3) is 2.22. The van der Waals surface area contributed by atoms with Gasteiger partial charge in [-0.1, -0.05) is 12.5 Å². The molecule has 0 saturated carbocycles. The first-order chi connectivity index (χ1) is 8.86. The zero-order valence-electron chi connectivity index (χ0n) is 10.7. The molecule has 1 fully saturated rings. The third-order valence-electron chi connectivity index (χ3n) is 3.74. The van der Waals surface area contributed by atoms with E-state index in [0.29, 0.717) is 12.1 Å². The summed E-state index contributed by atoms with van der Waals surface area (Å²) in [5.41, 5.74) is 1.33. The van der Waals surface area contributed by atoms with Crippen LogP contribution in [0, 0.1) is 0 Å². The van der Waals surface area contributed by atoms with Crippen molar-refractivity contribution in [3.05, 3.63) is 40.6 Å². The van der Waals surface area contributed by atoms with Gasteiger partial charge in [0.25, 0.3) is 0 Å². The quantitative estimate of drug-likeness (QED) is 0.918. The normalized spacial score (nSPS) is 21.9. The van der Waals surface area contributed by atoms with Crippen LogP contribution in [-0.4, -0.2) is 16.1 Å². The largest absolute Gasteiger partial charge is 0.325 e. The number of aromatic nitrogens is 2. The van der Waals surface area contributed by atoms with Gasteiger partial charge in [-0.3, -0.25) is 0 Å². The van der Waals surface area contributed by atoms with Gasteiger partial charge in [0.2, 0.25) is 0 Å². The van der Waals surface area contributed by atoms with Crippen molar-refractivity contribution in [2.45, 2.75) is 38.3 Å². The van der Waals surface area contributed by atoms with Crippen molar-refractivity contribution in [1.29, 1.82) is 0 Å². The van der Waals surface area contributed by atoms with E-state index < -0.39 is 0 Å². The number of rotatable bonds is 3. The van der Waals surface area contributed by atoms with Crippen LogP contribution < -0.4 is 5.32 Å². The third-order valence-corrected chi connectivity index (χ3v) is 4.78. The topological polar surface area (TPSA) is 29.9 Å². The molecule has 3 nitrogen and oxygen atoms in total. The predicted molar refractivity (Wildman–Crippen MR) is 75.0 cm³/mol. The Morgan fingerprint density at radius 1 is 1.50 bits per heavy atom. The Balaban J connectivity index is 1.86. The molecule has 18 heavy (non-hydrogen) atoms. The molecule has 3 rings (SSSR count). The molecule has 0 aromatic carbocycles. The summed E-state index contributed by atoms with van der Waals surface area (Å²) < 4.78 is 2.31. The highest BCUT2D eigenvalue weighted by molar-refractivity contribution is 7.10. The summed E-state index contributed by atoms with van der Waals surface area (Å²) in [6.07, 6.45) is 7.83. The van der Waals surface area contributed by atoms with E-state index >= 15 is 0 Å². The van der Waals surface area contributed by atoms with E-state index in [1.54, 1.807) is 0 Å². The Kier molecular flexibility index (Phi) is 3.48. The van der Waals surface area contributed by atoms with E-state index in [4.69, 9.17) is 0 Å². The van der Waals surface area contributed by atoms with Crippen LogP contribution in [0.15, 0.2) is 30.0 Å². The summed E-state index contributed by atoms with van der Waals surface area (Å²) in [5.74, 6) is 0. The van der Waals surface area contributed by atoms with Crippen molar-refractivity contribution in [3.8, 4) is 0 Å². The van der Waals surface area contributed by atoms with Gasteiger partial charge in [0.1, 0.15) is 0 Å². The predicted octanol–water partition coefficient (Wildman–Crippen LogP) is 3.37. The first kappa shape index (κ1) is 11.9. The first-order valence-corrected chi connectivity index (χ1v) is 7.53. The Morgan fingerprint density at radius 3 is 3.17 bits per heavy atom. The van der Waals surface area contributed by atoms with Crippen LogP contribution in [0.2, 0.25) is 0 Å². The molecule has 0 aliphatic carbocycles. The minimum Gasteiger partial charge on any atom is -0.325 e. The molecule has 1 N–H and O–H groups in total. The van der Waals surface area contributed by atoms with Gasteiger partial charge in [0, 0.05) is 17.1 Å². The smallest absolute Gasteiger partial charge is 0.0954 e. The van der Waals surface area contributed by atoms with Gasteiger partial charge in [-0.25, -0.2) is 4.98 Å². The number of nitrogens with zero attached hydrogens (tertiary/aromatic N) is 2. The summed E-state index contributed by atoms with van der Waals surface area (Å²) in [6, 6.07) is 5.18. The molecule has 0 amide bonds. The summed E-state index contributed by atoms with van der Waals surface area (Å²) in [5, 5.41) is 5.74. The van der Waals surface area contributed by atoms with E-state index in [1.807, 2.05) is 23.9 Å². The number of piperidine rings is 1. The second kappa shape index (κ2) is 5.24. The molecule has 1 aliphatic heterocycles. The molecule has 0 radical (unpaired) electrons. The average molecular weight is 261 g/mol.